The van der Waals surface area contributed by atoms with E-state index < -0.39 is 5.97 Å². The summed E-state index contributed by atoms with van der Waals surface area (Å²) in [6.45, 7) is 6.41. The fourth-order valence-electron chi connectivity index (χ4n) is 2.11. The lowest BCUT2D eigenvalue weighted by atomic mass is 9.90. The lowest BCUT2D eigenvalue weighted by Gasteiger charge is -2.32. The van der Waals surface area contributed by atoms with Crippen LogP contribution in [0.5, 0.6) is 0 Å². The highest BCUT2D eigenvalue weighted by atomic mass is 16.5. The van der Waals surface area contributed by atoms with Crippen LogP contribution in [0.3, 0.4) is 0 Å². The van der Waals surface area contributed by atoms with Crippen LogP contribution in [-0.4, -0.2) is 23.6 Å². The quantitative estimate of drug-likeness (QED) is 0.773. The molecule has 5 heteroatoms. The van der Waals surface area contributed by atoms with Crippen LogP contribution in [0, 0.1) is 0 Å². The second-order valence-corrected chi connectivity index (χ2v) is 4.61. The van der Waals surface area contributed by atoms with Crippen LogP contribution in [0.25, 0.3) is 0 Å². The minimum absolute atomic E-state index is 0.00347. The molecule has 0 amide bonds. The fraction of sp³-hybridized carbons (Fsp3) is 0.571. The van der Waals surface area contributed by atoms with Gasteiger partial charge in [0.2, 0.25) is 0 Å². The Morgan fingerprint density at radius 2 is 1.95 bits per heavy atom. The molecule has 1 aromatic rings. The zero-order valence-corrected chi connectivity index (χ0v) is 12.1. The second-order valence-electron chi connectivity index (χ2n) is 4.61. The van der Waals surface area contributed by atoms with Crippen LogP contribution < -0.4 is 11.1 Å². The Morgan fingerprint density at radius 1 is 1.37 bits per heavy atom. The van der Waals surface area contributed by atoms with E-state index in [0.717, 1.165) is 19.3 Å². The van der Waals surface area contributed by atoms with Crippen LogP contribution in [0.15, 0.2) is 12.3 Å². The number of nitrogen functional groups attached to an aromatic ring is 1. The predicted octanol–water partition coefficient (Wildman–Crippen LogP) is 2.83. The van der Waals surface area contributed by atoms with Crippen molar-refractivity contribution in [3.8, 4) is 0 Å². The van der Waals surface area contributed by atoms with Crippen molar-refractivity contribution in [2.75, 3.05) is 18.2 Å². The van der Waals surface area contributed by atoms with Gasteiger partial charge in [-0.2, -0.15) is 0 Å². The number of nitrogens with one attached hydrogen (secondary N) is 1. The molecule has 0 aromatic carbocycles. The predicted molar refractivity (Wildman–Crippen MR) is 77.2 cm³/mol. The Labute approximate surface area is 114 Å². The number of ether oxygens (including phenoxy) is 1. The van der Waals surface area contributed by atoms with Gasteiger partial charge in [0.1, 0.15) is 5.82 Å². The van der Waals surface area contributed by atoms with Crippen LogP contribution in [0.2, 0.25) is 0 Å². The molecule has 1 rings (SSSR count). The first-order valence-corrected chi connectivity index (χ1v) is 6.63. The average Bonchev–Trinajstić information content (AvgIpc) is 2.46. The molecule has 0 spiro atoms. The van der Waals surface area contributed by atoms with Crippen molar-refractivity contribution in [1.82, 2.24) is 4.98 Å². The summed E-state index contributed by atoms with van der Waals surface area (Å²) < 4.78 is 4.71. The minimum Gasteiger partial charge on any atom is -0.465 e. The summed E-state index contributed by atoms with van der Waals surface area (Å²) in [7, 11) is 1.34. The molecule has 0 aliphatic heterocycles. The maximum absolute atomic E-state index is 11.6. The van der Waals surface area contributed by atoms with Gasteiger partial charge in [0, 0.05) is 5.54 Å². The number of nitrogens with zero attached hydrogens (tertiary/aromatic N) is 1. The summed E-state index contributed by atoms with van der Waals surface area (Å²) in [6, 6.07) is 1.65. The van der Waals surface area contributed by atoms with Gasteiger partial charge < -0.3 is 15.8 Å². The summed E-state index contributed by atoms with van der Waals surface area (Å²) in [5, 5.41) is 3.41. The van der Waals surface area contributed by atoms with E-state index in [1.807, 2.05) is 0 Å². The van der Waals surface area contributed by atoms with E-state index in [-0.39, 0.29) is 5.54 Å². The van der Waals surface area contributed by atoms with Gasteiger partial charge in [0.05, 0.1) is 24.6 Å². The smallest absolute Gasteiger partial charge is 0.340 e. The number of carbonyl (C=O) groups excluding carboxylic acids is 1. The van der Waals surface area contributed by atoms with Gasteiger partial charge >= 0.3 is 5.97 Å². The molecule has 3 N–H and O–H groups in total. The Kier molecular flexibility index (Phi) is 5.15. The Balaban J connectivity index is 3.06. The molecule has 0 fully saturated rings. The zero-order chi connectivity index (χ0) is 14.5. The average molecular weight is 265 g/mol. The highest BCUT2D eigenvalue weighted by molar-refractivity contribution is 5.95. The van der Waals surface area contributed by atoms with E-state index in [2.05, 4.69) is 31.1 Å². The van der Waals surface area contributed by atoms with Crippen molar-refractivity contribution in [1.29, 1.82) is 0 Å². The molecule has 0 saturated heterocycles. The molecular weight excluding hydrogens is 242 g/mol. The molecule has 1 aromatic heterocycles. The second kappa shape index (κ2) is 6.41. The number of pyridine rings is 1. The summed E-state index contributed by atoms with van der Waals surface area (Å²) >= 11 is 0. The largest absolute Gasteiger partial charge is 0.465 e. The van der Waals surface area contributed by atoms with E-state index in [1.165, 1.54) is 13.3 Å². The Bertz CT molecular complexity index is 434. The first-order valence-electron chi connectivity index (χ1n) is 6.63. The normalized spacial score (nSPS) is 11.2. The van der Waals surface area contributed by atoms with Crippen molar-refractivity contribution < 1.29 is 9.53 Å². The van der Waals surface area contributed by atoms with Crippen molar-refractivity contribution in [2.45, 2.75) is 45.6 Å². The molecule has 106 valence electrons. The fourth-order valence-corrected chi connectivity index (χ4v) is 2.11. The van der Waals surface area contributed by atoms with Crippen molar-refractivity contribution in [3.63, 3.8) is 0 Å². The maximum atomic E-state index is 11.6. The molecule has 0 unspecified atom stereocenters. The molecule has 0 radical (unpaired) electrons. The number of aromatic nitrogens is 1. The number of rotatable bonds is 6. The molecule has 0 atom stereocenters. The Hall–Kier alpha value is -1.78. The maximum Gasteiger partial charge on any atom is 0.340 e. The van der Waals surface area contributed by atoms with Crippen LogP contribution in [-0.2, 0) is 4.74 Å². The number of carbonyl (C=O) groups is 1. The van der Waals surface area contributed by atoms with Gasteiger partial charge in [-0.25, -0.2) is 9.78 Å². The topological polar surface area (TPSA) is 77.2 Å². The molecule has 0 saturated carbocycles. The SMILES string of the molecule is CCC(CC)(CC)Nc1cc(C(=O)OC)c(N)cn1. The molecular formula is C14H23N3O2. The molecule has 1 heterocycles. The first kappa shape index (κ1) is 15.3. The van der Waals surface area contributed by atoms with Gasteiger partial charge in [-0.3, -0.25) is 0 Å². The number of anilines is 2. The number of hydrogen-bond acceptors (Lipinski definition) is 5. The van der Waals surface area contributed by atoms with Crippen LogP contribution in [0.4, 0.5) is 11.5 Å². The van der Waals surface area contributed by atoms with Gasteiger partial charge in [0.25, 0.3) is 0 Å². The summed E-state index contributed by atoms with van der Waals surface area (Å²) in [5.41, 5.74) is 6.40. The summed E-state index contributed by atoms with van der Waals surface area (Å²) in [6.07, 6.45) is 4.44. The van der Waals surface area contributed by atoms with Gasteiger partial charge in [-0.15, -0.1) is 0 Å². The third-order valence-corrected chi connectivity index (χ3v) is 3.76. The number of esters is 1. The Morgan fingerprint density at radius 3 is 2.42 bits per heavy atom. The number of methoxy groups -OCH3 is 1. The first-order chi connectivity index (χ1) is 9.01. The van der Waals surface area contributed by atoms with Gasteiger partial charge in [-0.1, -0.05) is 20.8 Å². The third kappa shape index (κ3) is 3.36. The lowest BCUT2D eigenvalue weighted by Crippen LogP contribution is -2.36. The highest BCUT2D eigenvalue weighted by Gasteiger charge is 2.24. The van der Waals surface area contributed by atoms with Gasteiger partial charge in [-0.05, 0) is 25.3 Å². The van der Waals surface area contributed by atoms with Crippen molar-refractivity contribution >= 4 is 17.5 Å². The van der Waals surface area contributed by atoms with E-state index >= 15 is 0 Å². The van der Waals surface area contributed by atoms with E-state index in [1.54, 1.807) is 6.07 Å². The van der Waals surface area contributed by atoms with Crippen molar-refractivity contribution in [2.24, 2.45) is 0 Å². The summed E-state index contributed by atoms with van der Waals surface area (Å²) in [4.78, 5) is 15.8. The third-order valence-electron chi connectivity index (χ3n) is 3.76. The molecule has 0 aliphatic carbocycles. The van der Waals surface area contributed by atoms with E-state index in [9.17, 15) is 4.79 Å². The van der Waals surface area contributed by atoms with E-state index in [4.69, 9.17) is 10.5 Å². The van der Waals surface area contributed by atoms with E-state index in [0.29, 0.717) is 17.1 Å². The van der Waals surface area contributed by atoms with Crippen LogP contribution in [0.1, 0.15) is 50.4 Å². The van der Waals surface area contributed by atoms with Crippen molar-refractivity contribution in [3.05, 3.63) is 17.8 Å². The number of nitrogens with two attached hydrogens (primary N) is 1. The summed E-state index contributed by atoms with van der Waals surface area (Å²) in [5.74, 6) is 0.207. The molecule has 0 bridgehead atoms. The molecule has 19 heavy (non-hydrogen) atoms. The van der Waals surface area contributed by atoms with Crippen LogP contribution >= 0.6 is 0 Å². The standard InChI is InChI=1S/C14H23N3O2/c1-5-14(6-2,7-3)17-12-8-10(13(18)19-4)11(15)9-16-12/h8-9H,5-7,15H2,1-4H3,(H,16,17). The number of hydrogen-bond donors (Lipinski definition) is 2. The zero-order valence-electron chi connectivity index (χ0n) is 12.1. The van der Waals surface area contributed by atoms with Gasteiger partial charge in [0.15, 0.2) is 0 Å². The lowest BCUT2D eigenvalue weighted by molar-refractivity contribution is 0.0602. The molecule has 0 aliphatic rings. The minimum atomic E-state index is -0.446. The highest BCUT2D eigenvalue weighted by Crippen LogP contribution is 2.26. The monoisotopic (exact) mass is 265 g/mol. The molecule has 5 nitrogen and oxygen atoms in total.